The molecule has 28 heavy (non-hydrogen) atoms. The predicted molar refractivity (Wildman–Crippen MR) is 111 cm³/mol. The summed E-state index contributed by atoms with van der Waals surface area (Å²) in [5.41, 5.74) is 1.23. The van der Waals surface area contributed by atoms with Crippen molar-refractivity contribution in [1.29, 1.82) is 5.26 Å². The normalized spacial score (nSPS) is 21.2. The zero-order valence-electron chi connectivity index (χ0n) is 15.9. The zero-order valence-corrected chi connectivity index (χ0v) is 17.5. The molecule has 1 fully saturated rings. The largest absolute Gasteiger partial charge is 0.326 e. The second-order valence-electron chi connectivity index (χ2n) is 7.01. The third-order valence-corrected chi connectivity index (χ3v) is 5.93. The van der Waals surface area contributed by atoms with Gasteiger partial charge in [0.05, 0.1) is 11.6 Å². The first-order valence-electron chi connectivity index (χ1n) is 8.80. The highest BCUT2D eigenvalue weighted by molar-refractivity contribution is 9.10. The predicted octanol–water partition coefficient (Wildman–Crippen LogP) is 3.59. The van der Waals surface area contributed by atoms with E-state index in [1.165, 1.54) is 9.80 Å². The van der Waals surface area contributed by atoms with E-state index in [1.807, 2.05) is 30.3 Å². The second-order valence-corrected chi connectivity index (χ2v) is 7.86. The van der Waals surface area contributed by atoms with Crippen molar-refractivity contribution in [3.8, 4) is 6.07 Å². The molecule has 0 spiro atoms. The van der Waals surface area contributed by atoms with Crippen LogP contribution in [0, 0.1) is 11.3 Å². The van der Waals surface area contributed by atoms with Gasteiger partial charge in [0, 0.05) is 30.6 Å². The van der Waals surface area contributed by atoms with Crippen LogP contribution in [0.25, 0.3) is 6.08 Å². The Morgan fingerprint density at radius 2 is 1.79 bits per heavy atom. The molecule has 2 aromatic rings. The minimum atomic E-state index is -0.990. The van der Waals surface area contributed by atoms with E-state index in [2.05, 4.69) is 22.0 Å². The summed E-state index contributed by atoms with van der Waals surface area (Å²) in [5, 5.41) is 9.38. The van der Waals surface area contributed by atoms with Crippen LogP contribution in [0.2, 0.25) is 0 Å². The maximum absolute atomic E-state index is 13.3. The lowest BCUT2D eigenvalue weighted by atomic mass is 9.87. The molecule has 3 rings (SSSR count). The third kappa shape index (κ3) is 3.34. The number of benzene rings is 2. The molecule has 6 heteroatoms. The number of nitrogens with zero attached hydrogens (tertiary/aromatic N) is 3. The molecule has 1 heterocycles. The van der Waals surface area contributed by atoms with E-state index in [1.54, 1.807) is 45.3 Å². The SMILES string of the molecule is CN1C(=O)C(C)(Cc2ccccc2)N(C)C(=O)/C1=C/c1c(Br)cccc1C#N. The van der Waals surface area contributed by atoms with Crippen LogP contribution in [-0.4, -0.2) is 41.2 Å². The first-order chi connectivity index (χ1) is 13.3. The van der Waals surface area contributed by atoms with Crippen LogP contribution >= 0.6 is 15.9 Å². The number of halogens is 1. The van der Waals surface area contributed by atoms with Gasteiger partial charge in [0.15, 0.2) is 0 Å². The zero-order chi connectivity index (χ0) is 20.5. The van der Waals surface area contributed by atoms with Gasteiger partial charge in [-0.05, 0) is 30.7 Å². The Kier molecular flexibility index (Phi) is 5.39. The van der Waals surface area contributed by atoms with Crippen molar-refractivity contribution in [2.45, 2.75) is 18.9 Å². The van der Waals surface area contributed by atoms with Crippen LogP contribution in [0.5, 0.6) is 0 Å². The van der Waals surface area contributed by atoms with E-state index in [9.17, 15) is 14.9 Å². The summed E-state index contributed by atoms with van der Waals surface area (Å²) in [5.74, 6) is -0.435. The molecule has 1 unspecified atom stereocenters. The fraction of sp³-hybridized carbons (Fsp3) is 0.227. The Morgan fingerprint density at radius 1 is 1.11 bits per heavy atom. The summed E-state index contributed by atoms with van der Waals surface area (Å²) < 4.78 is 0.688. The molecule has 2 aromatic carbocycles. The highest BCUT2D eigenvalue weighted by Gasteiger charge is 2.48. The molecule has 142 valence electrons. The molecule has 5 nitrogen and oxygen atoms in total. The van der Waals surface area contributed by atoms with Crippen molar-refractivity contribution in [3.05, 3.63) is 75.4 Å². The van der Waals surface area contributed by atoms with Crippen molar-refractivity contribution >= 4 is 33.8 Å². The fourth-order valence-electron chi connectivity index (χ4n) is 3.42. The number of carbonyl (C=O) groups is 2. The Hall–Kier alpha value is -2.91. The van der Waals surface area contributed by atoms with Gasteiger partial charge in [0.1, 0.15) is 11.2 Å². The highest BCUT2D eigenvalue weighted by Crippen LogP contribution is 2.32. The van der Waals surface area contributed by atoms with Crippen LogP contribution < -0.4 is 0 Å². The smallest absolute Gasteiger partial charge is 0.271 e. The van der Waals surface area contributed by atoms with Crippen LogP contribution in [0.4, 0.5) is 0 Å². The van der Waals surface area contributed by atoms with Gasteiger partial charge in [-0.3, -0.25) is 9.59 Å². The van der Waals surface area contributed by atoms with Gasteiger partial charge in [0.2, 0.25) is 0 Å². The Labute approximate surface area is 173 Å². The first kappa shape index (κ1) is 19.8. The number of hydrogen-bond donors (Lipinski definition) is 0. The van der Waals surface area contributed by atoms with Gasteiger partial charge in [0.25, 0.3) is 11.8 Å². The van der Waals surface area contributed by atoms with E-state index >= 15 is 0 Å². The summed E-state index contributed by atoms with van der Waals surface area (Å²) in [7, 11) is 3.25. The minimum absolute atomic E-state index is 0.171. The number of hydrogen-bond acceptors (Lipinski definition) is 3. The molecule has 1 saturated heterocycles. The maximum atomic E-state index is 13.3. The standard InChI is InChI=1S/C22H20BrN3O2/c1-22(13-15-8-5-4-6-9-15)21(28)25(2)19(20(27)26(22)3)12-17-16(14-24)10-7-11-18(17)23/h4-12H,13H2,1-3H3/b19-12-. The molecule has 1 aliphatic rings. The molecule has 0 saturated carbocycles. The Balaban J connectivity index is 2.03. The Bertz CT molecular complexity index is 1010. The van der Waals surface area contributed by atoms with Crippen molar-refractivity contribution in [3.63, 3.8) is 0 Å². The molecular weight excluding hydrogens is 418 g/mol. The van der Waals surface area contributed by atoms with E-state index in [4.69, 9.17) is 0 Å². The van der Waals surface area contributed by atoms with E-state index in [0.717, 1.165) is 5.56 Å². The van der Waals surface area contributed by atoms with Crippen LogP contribution in [0.1, 0.15) is 23.6 Å². The molecule has 0 aromatic heterocycles. The van der Waals surface area contributed by atoms with Crippen LogP contribution in [0.3, 0.4) is 0 Å². The fourth-order valence-corrected chi connectivity index (χ4v) is 3.90. The second kappa shape index (κ2) is 7.61. The third-order valence-electron chi connectivity index (χ3n) is 5.24. The number of nitriles is 1. The van der Waals surface area contributed by atoms with Gasteiger partial charge < -0.3 is 9.80 Å². The molecule has 1 aliphatic heterocycles. The molecule has 1 atom stereocenters. The summed E-state index contributed by atoms with van der Waals surface area (Å²) in [6.07, 6.45) is 2.02. The van der Waals surface area contributed by atoms with Crippen molar-refractivity contribution < 1.29 is 9.59 Å². The van der Waals surface area contributed by atoms with Crippen LogP contribution in [-0.2, 0) is 16.0 Å². The lowest BCUT2D eigenvalue weighted by Gasteiger charge is -2.45. The lowest BCUT2D eigenvalue weighted by molar-refractivity contribution is -0.155. The Morgan fingerprint density at radius 3 is 2.43 bits per heavy atom. The molecule has 0 bridgehead atoms. The first-order valence-corrected chi connectivity index (χ1v) is 9.59. The molecular formula is C22H20BrN3O2. The van der Waals surface area contributed by atoms with Gasteiger partial charge >= 0.3 is 0 Å². The summed E-state index contributed by atoms with van der Waals surface area (Å²) in [6.45, 7) is 1.78. The monoisotopic (exact) mass is 437 g/mol. The van der Waals surface area contributed by atoms with Crippen molar-refractivity contribution in [2.24, 2.45) is 0 Å². The number of piperazine rings is 1. The molecule has 0 radical (unpaired) electrons. The average Bonchev–Trinajstić information content (AvgIpc) is 2.70. The highest BCUT2D eigenvalue weighted by atomic mass is 79.9. The van der Waals surface area contributed by atoms with E-state index in [0.29, 0.717) is 22.0 Å². The summed E-state index contributed by atoms with van der Waals surface area (Å²) >= 11 is 3.43. The maximum Gasteiger partial charge on any atom is 0.271 e. The topological polar surface area (TPSA) is 64.4 Å². The number of rotatable bonds is 3. The number of amides is 2. The lowest BCUT2D eigenvalue weighted by Crippen LogP contribution is -2.64. The van der Waals surface area contributed by atoms with E-state index in [-0.39, 0.29) is 17.5 Å². The molecule has 0 aliphatic carbocycles. The summed E-state index contributed by atoms with van der Waals surface area (Å²) in [6, 6.07) is 17.0. The van der Waals surface area contributed by atoms with Gasteiger partial charge in [-0.25, -0.2) is 0 Å². The van der Waals surface area contributed by atoms with Crippen molar-refractivity contribution in [2.75, 3.05) is 14.1 Å². The van der Waals surface area contributed by atoms with Gasteiger partial charge in [-0.2, -0.15) is 5.26 Å². The quantitative estimate of drug-likeness (QED) is 0.689. The molecule has 0 N–H and O–H groups in total. The van der Waals surface area contributed by atoms with Crippen molar-refractivity contribution in [1.82, 2.24) is 9.80 Å². The summed E-state index contributed by atoms with van der Waals surface area (Å²) in [4.78, 5) is 29.3. The average molecular weight is 438 g/mol. The van der Waals surface area contributed by atoms with Crippen LogP contribution in [0.15, 0.2) is 58.7 Å². The molecule has 2 amide bonds. The number of likely N-dealkylation sites (N-methyl/N-ethyl adjacent to an activating group) is 2. The van der Waals surface area contributed by atoms with Gasteiger partial charge in [-0.1, -0.05) is 52.3 Å². The van der Waals surface area contributed by atoms with Gasteiger partial charge in [-0.15, -0.1) is 0 Å². The number of carbonyl (C=O) groups excluding carboxylic acids is 2. The van der Waals surface area contributed by atoms with E-state index < -0.39 is 5.54 Å². The minimum Gasteiger partial charge on any atom is -0.326 e.